The average Bonchev–Trinajstić information content (AvgIpc) is 2.36. The molecule has 4 nitrogen and oxygen atoms in total. The van der Waals surface area contributed by atoms with Crippen LogP contribution in [-0.4, -0.2) is 25.0 Å². The van der Waals surface area contributed by atoms with Crippen molar-refractivity contribution in [3.63, 3.8) is 0 Å². The molecule has 18 heavy (non-hydrogen) atoms. The van der Waals surface area contributed by atoms with Gasteiger partial charge in [0.15, 0.2) is 17.3 Å². The molecular formula is C13H12ClNO3. The number of Topliss-reactive ketones (excluding diaryl/α,β-unsaturated/α-hetero) is 1. The highest BCUT2D eigenvalue weighted by Gasteiger charge is 2.12. The predicted octanol–water partition coefficient (Wildman–Crippen LogP) is 3.11. The number of hydrogen-bond donors (Lipinski definition) is 0. The van der Waals surface area contributed by atoms with Crippen LogP contribution in [0.15, 0.2) is 18.2 Å². The maximum absolute atomic E-state index is 11.4. The lowest BCUT2D eigenvalue weighted by atomic mass is 10.1. The van der Waals surface area contributed by atoms with Gasteiger partial charge in [-0.2, -0.15) is 0 Å². The number of methoxy groups -OCH3 is 2. The van der Waals surface area contributed by atoms with Crippen molar-refractivity contribution in [2.75, 3.05) is 14.2 Å². The smallest absolute Gasteiger partial charge is 0.162 e. The van der Waals surface area contributed by atoms with E-state index in [0.29, 0.717) is 22.6 Å². The molecule has 5 heteroatoms. The number of halogens is 1. The molecule has 0 N–H and O–H groups in total. The van der Waals surface area contributed by atoms with Gasteiger partial charge in [-0.15, -0.1) is 0 Å². The Hall–Kier alpha value is -1.81. The monoisotopic (exact) mass is 265 g/mol. The Bertz CT molecular complexity index is 625. The van der Waals surface area contributed by atoms with E-state index in [-0.39, 0.29) is 10.9 Å². The molecule has 94 valence electrons. The maximum atomic E-state index is 11.4. The molecular weight excluding hydrogens is 254 g/mol. The Morgan fingerprint density at radius 3 is 2.33 bits per heavy atom. The predicted molar refractivity (Wildman–Crippen MR) is 69.9 cm³/mol. The van der Waals surface area contributed by atoms with E-state index < -0.39 is 0 Å². The molecule has 0 amide bonds. The first kappa shape index (κ1) is 12.6. The van der Waals surface area contributed by atoms with Gasteiger partial charge in [0.1, 0.15) is 5.15 Å². The van der Waals surface area contributed by atoms with Gasteiger partial charge in [-0.05, 0) is 19.1 Å². The van der Waals surface area contributed by atoms with Gasteiger partial charge in [0, 0.05) is 11.5 Å². The zero-order chi connectivity index (χ0) is 13.3. The summed E-state index contributed by atoms with van der Waals surface area (Å²) in [6, 6.07) is 5.20. The Morgan fingerprint density at radius 1 is 1.17 bits per heavy atom. The van der Waals surface area contributed by atoms with Gasteiger partial charge in [0.2, 0.25) is 0 Å². The van der Waals surface area contributed by atoms with Crippen molar-refractivity contribution in [1.29, 1.82) is 0 Å². The Morgan fingerprint density at radius 2 is 1.78 bits per heavy atom. The van der Waals surface area contributed by atoms with Crippen LogP contribution in [0.25, 0.3) is 10.9 Å². The van der Waals surface area contributed by atoms with Gasteiger partial charge < -0.3 is 9.47 Å². The molecule has 0 atom stereocenters. The van der Waals surface area contributed by atoms with Crippen LogP contribution in [0.2, 0.25) is 5.15 Å². The van der Waals surface area contributed by atoms with Crippen LogP contribution in [-0.2, 0) is 0 Å². The van der Waals surface area contributed by atoms with Crippen LogP contribution in [0.4, 0.5) is 0 Å². The SMILES string of the molecule is COc1cc2cc(C(C)=O)c(Cl)nc2cc1OC. The zero-order valence-electron chi connectivity index (χ0n) is 10.3. The highest BCUT2D eigenvalue weighted by molar-refractivity contribution is 6.33. The van der Waals surface area contributed by atoms with Crippen LogP contribution < -0.4 is 9.47 Å². The maximum Gasteiger partial charge on any atom is 0.162 e. The fraction of sp³-hybridized carbons (Fsp3) is 0.231. The normalized spacial score (nSPS) is 10.4. The van der Waals surface area contributed by atoms with Crippen molar-refractivity contribution >= 4 is 28.3 Å². The van der Waals surface area contributed by atoms with E-state index in [1.54, 1.807) is 32.4 Å². The molecule has 0 fully saturated rings. The number of hydrogen-bond acceptors (Lipinski definition) is 4. The lowest BCUT2D eigenvalue weighted by Gasteiger charge is -2.09. The van der Waals surface area contributed by atoms with Gasteiger partial charge in [-0.3, -0.25) is 4.79 Å². The van der Waals surface area contributed by atoms with Gasteiger partial charge in [-0.1, -0.05) is 11.6 Å². The first-order chi connectivity index (χ1) is 8.56. The van der Waals surface area contributed by atoms with Gasteiger partial charge in [-0.25, -0.2) is 4.98 Å². The van der Waals surface area contributed by atoms with E-state index in [9.17, 15) is 4.79 Å². The summed E-state index contributed by atoms with van der Waals surface area (Å²) in [5.41, 5.74) is 1.05. The first-order valence-electron chi connectivity index (χ1n) is 5.30. The average molecular weight is 266 g/mol. The lowest BCUT2D eigenvalue weighted by molar-refractivity contribution is 0.101. The molecule has 0 aliphatic heterocycles. The molecule has 0 spiro atoms. The minimum Gasteiger partial charge on any atom is -0.493 e. The minimum absolute atomic E-state index is 0.121. The number of carbonyl (C=O) groups excluding carboxylic acids is 1. The van der Waals surface area contributed by atoms with E-state index in [0.717, 1.165) is 5.39 Å². The van der Waals surface area contributed by atoms with E-state index in [4.69, 9.17) is 21.1 Å². The Balaban J connectivity index is 2.73. The fourth-order valence-electron chi connectivity index (χ4n) is 1.72. The number of rotatable bonds is 3. The number of ketones is 1. The standard InChI is InChI=1S/C13H12ClNO3/c1-7(16)9-4-8-5-11(17-2)12(18-3)6-10(8)15-13(9)14/h4-6H,1-3H3. The van der Waals surface area contributed by atoms with Crippen molar-refractivity contribution in [3.05, 3.63) is 28.9 Å². The molecule has 0 bridgehead atoms. The van der Waals surface area contributed by atoms with E-state index >= 15 is 0 Å². The summed E-state index contributed by atoms with van der Waals surface area (Å²) in [5, 5.41) is 0.976. The topological polar surface area (TPSA) is 48.4 Å². The number of ether oxygens (including phenoxy) is 2. The van der Waals surface area contributed by atoms with E-state index in [1.807, 2.05) is 0 Å². The summed E-state index contributed by atoms with van der Waals surface area (Å²) in [6.07, 6.45) is 0. The largest absolute Gasteiger partial charge is 0.493 e. The van der Waals surface area contributed by atoms with E-state index in [2.05, 4.69) is 4.98 Å². The molecule has 0 aliphatic carbocycles. The molecule has 0 aliphatic rings. The summed E-state index contributed by atoms with van der Waals surface area (Å²) < 4.78 is 10.4. The molecule has 1 aromatic heterocycles. The second-order valence-corrected chi connectivity index (χ2v) is 4.14. The summed E-state index contributed by atoms with van der Waals surface area (Å²) >= 11 is 5.96. The van der Waals surface area contributed by atoms with Crippen molar-refractivity contribution in [2.24, 2.45) is 0 Å². The third kappa shape index (κ3) is 2.11. The number of aromatic nitrogens is 1. The number of carbonyl (C=O) groups is 1. The van der Waals surface area contributed by atoms with Gasteiger partial charge >= 0.3 is 0 Å². The molecule has 2 rings (SSSR count). The quantitative estimate of drug-likeness (QED) is 0.632. The summed E-state index contributed by atoms with van der Waals surface area (Å²) in [4.78, 5) is 15.6. The van der Waals surface area contributed by atoms with Crippen molar-refractivity contribution in [3.8, 4) is 11.5 Å². The van der Waals surface area contributed by atoms with Crippen LogP contribution in [0, 0.1) is 0 Å². The van der Waals surface area contributed by atoms with Crippen molar-refractivity contribution in [2.45, 2.75) is 6.92 Å². The molecule has 0 saturated carbocycles. The number of nitrogens with zero attached hydrogens (tertiary/aromatic N) is 1. The van der Waals surface area contributed by atoms with Gasteiger partial charge in [0.25, 0.3) is 0 Å². The Kier molecular flexibility index (Phi) is 3.39. The molecule has 0 radical (unpaired) electrons. The molecule has 1 heterocycles. The first-order valence-corrected chi connectivity index (χ1v) is 5.68. The summed E-state index contributed by atoms with van der Waals surface area (Å²) in [7, 11) is 3.11. The number of benzene rings is 1. The van der Waals surface area contributed by atoms with Crippen LogP contribution in [0.3, 0.4) is 0 Å². The second kappa shape index (κ2) is 4.82. The molecule has 2 aromatic rings. The van der Waals surface area contributed by atoms with Crippen LogP contribution >= 0.6 is 11.6 Å². The highest BCUT2D eigenvalue weighted by Crippen LogP contribution is 2.32. The third-order valence-corrected chi connectivity index (χ3v) is 2.94. The van der Waals surface area contributed by atoms with Crippen molar-refractivity contribution in [1.82, 2.24) is 4.98 Å². The minimum atomic E-state index is -0.121. The molecule has 0 saturated heterocycles. The fourth-order valence-corrected chi connectivity index (χ4v) is 2.00. The lowest BCUT2D eigenvalue weighted by Crippen LogP contribution is -1.97. The van der Waals surface area contributed by atoms with E-state index in [1.165, 1.54) is 6.92 Å². The van der Waals surface area contributed by atoms with Crippen LogP contribution in [0.1, 0.15) is 17.3 Å². The zero-order valence-corrected chi connectivity index (χ0v) is 11.0. The number of fused-ring (bicyclic) bond motifs is 1. The molecule has 0 unspecified atom stereocenters. The summed E-state index contributed by atoms with van der Waals surface area (Å²) in [6.45, 7) is 1.45. The van der Waals surface area contributed by atoms with Gasteiger partial charge in [0.05, 0.1) is 25.3 Å². The van der Waals surface area contributed by atoms with Crippen molar-refractivity contribution < 1.29 is 14.3 Å². The van der Waals surface area contributed by atoms with Crippen LogP contribution in [0.5, 0.6) is 11.5 Å². The number of pyridine rings is 1. The summed E-state index contributed by atoms with van der Waals surface area (Å²) in [5.74, 6) is 1.04. The third-order valence-electron chi connectivity index (χ3n) is 2.65. The Labute approximate surface area is 109 Å². The highest BCUT2D eigenvalue weighted by atomic mass is 35.5. The molecule has 1 aromatic carbocycles. The second-order valence-electron chi connectivity index (χ2n) is 3.78.